The van der Waals surface area contributed by atoms with Gasteiger partial charge in [0.25, 0.3) is 0 Å². The lowest BCUT2D eigenvalue weighted by molar-refractivity contribution is 0.312. The van der Waals surface area contributed by atoms with Gasteiger partial charge in [-0.25, -0.2) is 0 Å². The molecule has 0 aromatic carbocycles. The molecule has 0 aliphatic heterocycles. The van der Waals surface area contributed by atoms with Gasteiger partial charge < -0.3 is 0 Å². The smallest absolute Gasteiger partial charge is 0.0412 e. The first kappa shape index (κ1) is 15.0. The van der Waals surface area contributed by atoms with Crippen LogP contribution in [-0.2, 0) is 0 Å². The van der Waals surface area contributed by atoms with Crippen LogP contribution in [0.5, 0.6) is 0 Å². The standard InChI is InChI=1S/C15H32/c1-5-9-10-12-15(11-6-2)13-14(7-3)8-4/h14-15H,5-13H2,1-4H3. The van der Waals surface area contributed by atoms with Crippen molar-refractivity contribution in [2.45, 2.75) is 85.5 Å². The predicted octanol–water partition coefficient (Wildman–Crippen LogP) is 5.81. The van der Waals surface area contributed by atoms with Gasteiger partial charge in [-0.3, -0.25) is 0 Å². The Hall–Kier alpha value is 0. The highest BCUT2D eigenvalue weighted by molar-refractivity contribution is 4.65. The van der Waals surface area contributed by atoms with Gasteiger partial charge in [-0.05, 0) is 18.3 Å². The lowest BCUT2D eigenvalue weighted by atomic mass is 9.85. The highest BCUT2D eigenvalue weighted by Crippen LogP contribution is 2.26. The molecule has 0 aromatic heterocycles. The van der Waals surface area contributed by atoms with Gasteiger partial charge in [-0.15, -0.1) is 0 Å². The largest absolute Gasteiger partial charge is 0.0654 e. The Morgan fingerprint density at radius 2 is 1.33 bits per heavy atom. The fourth-order valence-corrected chi connectivity index (χ4v) is 2.56. The minimum Gasteiger partial charge on any atom is -0.0654 e. The molecule has 0 N–H and O–H groups in total. The molecule has 0 rings (SSSR count). The number of hydrogen-bond donors (Lipinski definition) is 0. The van der Waals surface area contributed by atoms with Crippen LogP contribution in [0.3, 0.4) is 0 Å². The van der Waals surface area contributed by atoms with Gasteiger partial charge in [0.1, 0.15) is 0 Å². The summed E-state index contributed by atoms with van der Waals surface area (Å²) in [6.07, 6.45) is 12.8. The van der Waals surface area contributed by atoms with E-state index in [9.17, 15) is 0 Å². The minimum atomic E-state index is 0.989. The van der Waals surface area contributed by atoms with Crippen molar-refractivity contribution in [1.82, 2.24) is 0 Å². The molecule has 15 heavy (non-hydrogen) atoms. The van der Waals surface area contributed by atoms with Crippen LogP contribution in [0.15, 0.2) is 0 Å². The first-order valence-corrected chi connectivity index (χ1v) is 7.28. The Morgan fingerprint density at radius 3 is 1.80 bits per heavy atom. The van der Waals surface area contributed by atoms with E-state index in [0.29, 0.717) is 0 Å². The van der Waals surface area contributed by atoms with Crippen molar-refractivity contribution < 1.29 is 0 Å². The van der Waals surface area contributed by atoms with E-state index in [0.717, 1.165) is 11.8 Å². The van der Waals surface area contributed by atoms with Crippen LogP contribution in [0.4, 0.5) is 0 Å². The molecule has 0 aliphatic rings. The maximum atomic E-state index is 2.35. The molecule has 0 saturated heterocycles. The van der Waals surface area contributed by atoms with E-state index >= 15 is 0 Å². The van der Waals surface area contributed by atoms with Crippen molar-refractivity contribution in [3.05, 3.63) is 0 Å². The zero-order valence-corrected chi connectivity index (χ0v) is 11.5. The third kappa shape index (κ3) is 7.88. The molecule has 92 valence electrons. The van der Waals surface area contributed by atoms with Crippen LogP contribution in [0.25, 0.3) is 0 Å². The monoisotopic (exact) mass is 212 g/mol. The molecule has 0 bridgehead atoms. The number of unbranched alkanes of at least 4 members (excludes halogenated alkanes) is 2. The molecule has 0 spiro atoms. The highest BCUT2D eigenvalue weighted by Gasteiger charge is 2.12. The minimum absolute atomic E-state index is 0.989. The second-order valence-corrected chi connectivity index (χ2v) is 5.07. The molecule has 0 saturated carbocycles. The van der Waals surface area contributed by atoms with Gasteiger partial charge >= 0.3 is 0 Å². The maximum absolute atomic E-state index is 2.35. The molecule has 0 heteroatoms. The second kappa shape index (κ2) is 10.5. The van der Waals surface area contributed by atoms with Crippen LogP contribution in [0.2, 0.25) is 0 Å². The zero-order chi connectivity index (χ0) is 11.5. The summed E-state index contributed by atoms with van der Waals surface area (Å²) in [5.74, 6) is 2.01. The van der Waals surface area contributed by atoms with Crippen molar-refractivity contribution in [3.63, 3.8) is 0 Å². The van der Waals surface area contributed by atoms with Crippen molar-refractivity contribution in [2.75, 3.05) is 0 Å². The number of rotatable bonds is 10. The summed E-state index contributed by atoms with van der Waals surface area (Å²) in [5.41, 5.74) is 0. The summed E-state index contributed by atoms with van der Waals surface area (Å²) in [7, 11) is 0. The van der Waals surface area contributed by atoms with Crippen LogP contribution < -0.4 is 0 Å². The maximum Gasteiger partial charge on any atom is -0.0412 e. The van der Waals surface area contributed by atoms with Gasteiger partial charge in [0.15, 0.2) is 0 Å². The average molecular weight is 212 g/mol. The fourth-order valence-electron chi connectivity index (χ4n) is 2.56. The molecular formula is C15H32. The Labute approximate surface area is 97.8 Å². The van der Waals surface area contributed by atoms with Crippen molar-refractivity contribution in [1.29, 1.82) is 0 Å². The van der Waals surface area contributed by atoms with E-state index in [1.165, 1.54) is 57.8 Å². The summed E-state index contributed by atoms with van der Waals surface area (Å²) < 4.78 is 0. The van der Waals surface area contributed by atoms with Gasteiger partial charge in [0.2, 0.25) is 0 Å². The van der Waals surface area contributed by atoms with Gasteiger partial charge in [0.05, 0.1) is 0 Å². The molecule has 0 amide bonds. The van der Waals surface area contributed by atoms with Gasteiger partial charge in [0, 0.05) is 0 Å². The van der Waals surface area contributed by atoms with E-state index < -0.39 is 0 Å². The summed E-state index contributed by atoms with van der Waals surface area (Å²) in [5, 5.41) is 0. The molecule has 0 fully saturated rings. The quantitative estimate of drug-likeness (QED) is 0.401. The van der Waals surface area contributed by atoms with Crippen molar-refractivity contribution in [2.24, 2.45) is 11.8 Å². The Morgan fingerprint density at radius 1 is 0.667 bits per heavy atom. The zero-order valence-electron chi connectivity index (χ0n) is 11.5. The normalized spacial score (nSPS) is 13.4. The number of hydrogen-bond acceptors (Lipinski definition) is 0. The Kier molecular flexibility index (Phi) is 10.5. The molecule has 0 radical (unpaired) electrons. The summed E-state index contributed by atoms with van der Waals surface area (Å²) in [6, 6.07) is 0. The predicted molar refractivity (Wildman–Crippen MR) is 71.2 cm³/mol. The molecule has 0 heterocycles. The third-order valence-corrected chi connectivity index (χ3v) is 3.73. The first-order valence-electron chi connectivity index (χ1n) is 7.28. The van der Waals surface area contributed by atoms with E-state index in [2.05, 4.69) is 27.7 Å². The summed E-state index contributed by atoms with van der Waals surface area (Å²) in [6.45, 7) is 9.34. The molecular weight excluding hydrogens is 180 g/mol. The van der Waals surface area contributed by atoms with Gasteiger partial charge in [-0.1, -0.05) is 79.1 Å². The van der Waals surface area contributed by atoms with E-state index in [1.807, 2.05) is 0 Å². The fraction of sp³-hybridized carbons (Fsp3) is 1.00. The average Bonchev–Trinajstić information content (AvgIpc) is 2.26. The van der Waals surface area contributed by atoms with Crippen molar-refractivity contribution >= 4 is 0 Å². The molecule has 1 unspecified atom stereocenters. The lowest BCUT2D eigenvalue weighted by Gasteiger charge is -2.21. The van der Waals surface area contributed by atoms with Crippen LogP contribution in [-0.4, -0.2) is 0 Å². The van der Waals surface area contributed by atoms with E-state index in [1.54, 1.807) is 0 Å². The van der Waals surface area contributed by atoms with Crippen LogP contribution >= 0.6 is 0 Å². The van der Waals surface area contributed by atoms with Crippen LogP contribution in [0, 0.1) is 11.8 Å². The van der Waals surface area contributed by atoms with Gasteiger partial charge in [-0.2, -0.15) is 0 Å². The highest BCUT2D eigenvalue weighted by atomic mass is 14.2. The Bertz CT molecular complexity index is 113. The Balaban J connectivity index is 3.79. The molecule has 1 atom stereocenters. The SMILES string of the molecule is CCCCCC(CCC)CC(CC)CC. The lowest BCUT2D eigenvalue weighted by Crippen LogP contribution is -2.08. The van der Waals surface area contributed by atoms with E-state index in [4.69, 9.17) is 0 Å². The topological polar surface area (TPSA) is 0 Å². The molecule has 0 aliphatic carbocycles. The molecule has 0 aromatic rings. The summed E-state index contributed by atoms with van der Waals surface area (Å²) >= 11 is 0. The van der Waals surface area contributed by atoms with Crippen molar-refractivity contribution in [3.8, 4) is 0 Å². The molecule has 0 nitrogen and oxygen atoms in total. The van der Waals surface area contributed by atoms with E-state index in [-0.39, 0.29) is 0 Å². The first-order chi connectivity index (χ1) is 7.28. The third-order valence-electron chi connectivity index (χ3n) is 3.73. The van der Waals surface area contributed by atoms with Crippen LogP contribution in [0.1, 0.15) is 85.5 Å². The second-order valence-electron chi connectivity index (χ2n) is 5.07. The summed E-state index contributed by atoms with van der Waals surface area (Å²) in [4.78, 5) is 0.